The van der Waals surface area contributed by atoms with E-state index in [0.717, 1.165) is 0 Å². The largest absolute Gasteiger partial charge is 2.00 e. The molecule has 0 aliphatic rings. The zero-order chi connectivity index (χ0) is 2.00. The van der Waals surface area contributed by atoms with Crippen molar-refractivity contribution in [1.29, 1.82) is 0 Å². The summed E-state index contributed by atoms with van der Waals surface area (Å²) < 4.78 is 0. The second-order valence-corrected chi connectivity index (χ2v) is 0. The first-order valence-corrected chi connectivity index (χ1v) is 0.236. The molecule has 2 heteroatoms. The van der Waals surface area contributed by atoms with Crippen LogP contribution in [0.4, 0.5) is 0 Å². The van der Waals surface area contributed by atoms with Gasteiger partial charge >= 0.3 is 27.3 Å². The van der Waals surface area contributed by atoms with E-state index in [1.54, 1.807) is 0 Å². The molecule has 0 aromatic rings. The van der Waals surface area contributed by atoms with Crippen molar-refractivity contribution in [2.45, 2.75) is 0 Å². The molecule has 0 bridgehead atoms. The Hall–Kier alpha value is 0.592. The van der Waals surface area contributed by atoms with Crippen molar-refractivity contribution in [2.24, 2.45) is 0 Å². The zero-order valence-electron chi connectivity index (χ0n) is 2.69. The van der Waals surface area contributed by atoms with Crippen LogP contribution in [0.15, 0.2) is 0 Å². The molecule has 0 saturated carbocycles. The Morgan fingerprint density at radius 2 is 1.25 bits per heavy atom. The molecule has 0 aliphatic heterocycles. The maximum atomic E-state index is 7.75. The van der Waals surface area contributed by atoms with Crippen molar-refractivity contribution < 1.29 is 32.1 Å². The molecule has 0 spiro atoms. The second kappa shape index (κ2) is 68.8. The fourth-order valence-corrected chi connectivity index (χ4v) is 0. The van der Waals surface area contributed by atoms with E-state index in [1.807, 2.05) is 0 Å². The Morgan fingerprint density at radius 1 is 1.25 bits per heavy atom. The van der Waals surface area contributed by atoms with Gasteiger partial charge in [0.25, 0.3) is 0 Å². The zero-order valence-corrected chi connectivity index (χ0v) is 6.73. The van der Waals surface area contributed by atoms with Crippen LogP contribution in [-0.2, 0) is 32.1 Å². The molecule has 0 aromatic heterocycles. The smallest absolute Gasteiger partial charge is 0.545 e. The topological polar surface area (TPSA) is 17.1 Å². The monoisotopic (exact) mass is 158 g/mol. The van der Waals surface area contributed by atoms with Crippen molar-refractivity contribution in [3.05, 3.63) is 7.43 Å². The molecule has 0 N–H and O–H groups in total. The fourth-order valence-electron chi connectivity index (χ4n) is 0. The number of rotatable bonds is 0. The van der Waals surface area contributed by atoms with Gasteiger partial charge in [0.05, 0.1) is 0 Å². The molecule has 0 rings (SSSR count). The molecular weight excluding hydrogens is 152 g/mol. The van der Waals surface area contributed by atoms with Crippen LogP contribution in [0.1, 0.15) is 0 Å². The average Bonchev–Trinajstić information content (AvgIpc) is 1.00. The van der Waals surface area contributed by atoms with Gasteiger partial charge < -0.3 is 12.2 Å². The molecule has 0 unspecified atom stereocenters. The minimum atomic E-state index is 0. The fraction of sp³-hybridized carbons (Fsp3) is 0. The van der Waals surface area contributed by atoms with E-state index >= 15 is 0 Å². The predicted molar refractivity (Wildman–Crippen MR) is 13.2 cm³/mol. The Bertz CT molecular complexity index is 6.00. The SMILES string of the molecule is [CH-]=O.[CH3-].[Cd+2]. The number of carbonyl (C=O) groups excluding carboxylic acids is 1. The molecule has 20 valence electrons. The second-order valence-electron chi connectivity index (χ2n) is 0. The molecular formula is C2H4CdO. The van der Waals surface area contributed by atoms with Gasteiger partial charge in [-0.2, -0.15) is 0 Å². The molecule has 0 aliphatic carbocycles. The normalized spacial score (nSPS) is 1.00. The molecule has 0 amide bonds. The third-order valence-electron chi connectivity index (χ3n) is 0. The van der Waals surface area contributed by atoms with E-state index in [0.29, 0.717) is 0 Å². The van der Waals surface area contributed by atoms with Crippen molar-refractivity contribution in [3.8, 4) is 0 Å². The standard InChI is InChI=1S/CHO.CH3.Cd/c1-2;;/h1H;1H3;/q2*-1;+2. The van der Waals surface area contributed by atoms with Crippen molar-refractivity contribution in [1.82, 2.24) is 0 Å². The van der Waals surface area contributed by atoms with E-state index in [1.165, 1.54) is 0 Å². The Morgan fingerprint density at radius 3 is 1.25 bits per heavy atom. The van der Waals surface area contributed by atoms with Gasteiger partial charge in [-0.05, 0) is 0 Å². The summed E-state index contributed by atoms with van der Waals surface area (Å²) in [6, 6.07) is 0. The number of hydrogen-bond acceptors (Lipinski definition) is 1. The first-order valence-electron chi connectivity index (χ1n) is 0.236. The Kier molecular flexibility index (Phi) is 402. The van der Waals surface area contributed by atoms with Crippen LogP contribution >= 0.6 is 0 Å². The van der Waals surface area contributed by atoms with Crippen LogP contribution in [0.25, 0.3) is 0 Å². The van der Waals surface area contributed by atoms with Gasteiger partial charge in [0.15, 0.2) is 0 Å². The Labute approximate surface area is 46.6 Å². The predicted octanol–water partition coefficient (Wildman–Crippen LogP) is 0.174. The molecule has 0 aromatic carbocycles. The number of hydrogen-bond donors (Lipinski definition) is 0. The summed E-state index contributed by atoms with van der Waals surface area (Å²) in [6.45, 7) is 3.25. The summed E-state index contributed by atoms with van der Waals surface area (Å²) in [5.74, 6) is 0. The Balaban J connectivity index is -0.00000000500. The minimum Gasteiger partial charge on any atom is -0.545 e. The summed E-state index contributed by atoms with van der Waals surface area (Å²) >= 11 is 0. The van der Waals surface area contributed by atoms with Crippen molar-refractivity contribution in [2.75, 3.05) is 0 Å². The summed E-state index contributed by atoms with van der Waals surface area (Å²) in [5.41, 5.74) is 0. The molecule has 0 radical (unpaired) electrons. The third-order valence-corrected chi connectivity index (χ3v) is 0. The van der Waals surface area contributed by atoms with E-state index in [-0.39, 0.29) is 34.7 Å². The van der Waals surface area contributed by atoms with Gasteiger partial charge in [-0.3, -0.25) is 6.79 Å². The molecule has 0 saturated heterocycles. The molecule has 4 heavy (non-hydrogen) atoms. The van der Waals surface area contributed by atoms with Crippen LogP contribution in [0.3, 0.4) is 0 Å². The van der Waals surface area contributed by atoms with E-state index in [2.05, 4.69) is 6.79 Å². The van der Waals surface area contributed by atoms with Gasteiger partial charge in [-0.15, -0.1) is 0 Å². The first-order chi connectivity index (χ1) is 1.00. The van der Waals surface area contributed by atoms with Crippen LogP contribution in [-0.4, -0.2) is 6.79 Å². The van der Waals surface area contributed by atoms with Crippen LogP contribution in [0.2, 0.25) is 0 Å². The average molecular weight is 156 g/mol. The summed E-state index contributed by atoms with van der Waals surface area (Å²) in [4.78, 5) is 7.75. The van der Waals surface area contributed by atoms with Crippen molar-refractivity contribution in [3.63, 3.8) is 0 Å². The van der Waals surface area contributed by atoms with Crippen LogP contribution in [0, 0.1) is 7.43 Å². The molecule has 0 heterocycles. The van der Waals surface area contributed by atoms with Gasteiger partial charge in [-0.1, -0.05) is 0 Å². The molecule has 1 nitrogen and oxygen atoms in total. The maximum absolute atomic E-state index is 7.75. The van der Waals surface area contributed by atoms with Crippen LogP contribution in [0.5, 0.6) is 0 Å². The first kappa shape index (κ1) is 23.4. The summed E-state index contributed by atoms with van der Waals surface area (Å²) in [5, 5.41) is 0. The molecule has 0 fully saturated rings. The molecule has 0 atom stereocenters. The van der Waals surface area contributed by atoms with E-state index in [4.69, 9.17) is 4.79 Å². The van der Waals surface area contributed by atoms with Crippen molar-refractivity contribution >= 4 is 6.79 Å². The third kappa shape index (κ3) is 18.7. The quantitative estimate of drug-likeness (QED) is 0.278. The summed E-state index contributed by atoms with van der Waals surface area (Å²) in [6.07, 6.45) is 0. The summed E-state index contributed by atoms with van der Waals surface area (Å²) in [7, 11) is 0. The van der Waals surface area contributed by atoms with E-state index < -0.39 is 0 Å². The van der Waals surface area contributed by atoms with Gasteiger partial charge in [0.2, 0.25) is 0 Å². The van der Waals surface area contributed by atoms with E-state index in [9.17, 15) is 0 Å². The van der Waals surface area contributed by atoms with Gasteiger partial charge in [0, 0.05) is 0 Å². The minimum absolute atomic E-state index is 0. The maximum Gasteiger partial charge on any atom is 2.00 e. The van der Waals surface area contributed by atoms with Gasteiger partial charge in [-0.25, -0.2) is 0 Å². The van der Waals surface area contributed by atoms with Crippen LogP contribution < -0.4 is 0 Å². The van der Waals surface area contributed by atoms with Gasteiger partial charge in [0.1, 0.15) is 0 Å².